The Kier molecular flexibility index (Phi) is 3.86. The molecule has 190 valence electrons. The molecule has 0 fully saturated rings. The molecule has 3 nitrogen and oxygen atoms in total. The van der Waals surface area contributed by atoms with Crippen molar-refractivity contribution in [2.45, 2.75) is 5.41 Å². The van der Waals surface area contributed by atoms with Crippen LogP contribution < -0.4 is 5.46 Å². The van der Waals surface area contributed by atoms with Crippen LogP contribution >= 0.6 is 0 Å². The Hall–Kier alpha value is -4.90. The molecule has 2 aliphatic carbocycles. The summed E-state index contributed by atoms with van der Waals surface area (Å²) < 4.78 is 6.84. The number of hydrogen-bond acceptors (Lipinski definition) is 3. The largest absolute Gasteiger partial charge is 0.492 e. The van der Waals surface area contributed by atoms with E-state index in [2.05, 4.69) is 103 Å². The molecule has 1 aromatic heterocycles. The average Bonchev–Trinajstić information content (AvgIpc) is 3.65. The van der Waals surface area contributed by atoms with Crippen molar-refractivity contribution >= 4 is 56.1 Å². The highest BCUT2D eigenvalue weighted by atomic mass is 16.4. The summed E-state index contributed by atoms with van der Waals surface area (Å²) in [6.07, 6.45) is 0. The molecule has 7 aromatic carbocycles. The van der Waals surface area contributed by atoms with Crippen LogP contribution in [0, 0.1) is 0 Å². The number of furan rings is 1. The molecular weight excluding hydrogens is 503 g/mol. The smallest absolute Gasteiger partial charge is 0.456 e. The molecule has 0 saturated carbocycles. The molecule has 0 amide bonds. The van der Waals surface area contributed by atoms with Crippen LogP contribution in [0.1, 0.15) is 22.3 Å². The van der Waals surface area contributed by atoms with Crippen LogP contribution in [0.15, 0.2) is 120 Å². The van der Waals surface area contributed by atoms with Crippen molar-refractivity contribution in [2.24, 2.45) is 0 Å². The van der Waals surface area contributed by atoms with Gasteiger partial charge >= 0.3 is 7.12 Å². The maximum atomic E-state index is 10.4. The second kappa shape index (κ2) is 7.24. The van der Waals surface area contributed by atoms with Crippen molar-refractivity contribution < 1.29 is 14.5 Å². The Morgan fingerprint density at radius 1 is 0.488 bits per heavy atom. The standard InChI is InChI=1S/C37H21BO3/c39-38(40)31-18-17-24-20-9-1-2-10-21(20)26-19-30-32(36-34(26)33(24)35(31)41-36)25-13-5-8-16-29(25)37(30)27-14-6-3-11-22(27)23-12-4-7-15-28(23)37/h1-19,39-40H. The van der Waals surface area contributed by atoms with Crippen LogP contribution in [0.4, 0.5) is 0 Å². The van der Waals surface area contributed by atoms with Crippen molar-refractivity contribution in [3.05, 3.63) is 138 Å². The molecule has 2 aliphatic rings. The lowest BCUT2D eigenvalue weighted by atomic mass is 9.70. The predicted molar refractivity (Wildman–Crippen MR) is 166 cm³/mol. The minimum absolute atomic E-state index is 0.386. The van der Waals surface area contributed by atoms with Gasteiger partial charge in [0.1, 0.15) is 11.2 Å². The zero-order valence-corrected chi connectivity index (χ0v) is 21.8. The Labute approximate surface area is 235 Å². The lowest BCUT2D eigenvalue weighted by Gasteiger charge is -2.30. The third-order valence-electron chi connectivity index (χ3n) is 9.67. The van der Waals surface area contributed by atoms with E-state index in [4.69, 9.17) is 4.42 Å². The van der Waals surface area contributed by atoms with Crippen LogP contribution in [0.25, 0.3) is 65.7 Å². The van der Waals surface area contributed by atoms with Gasteiger partial charge in [0.25, 0.3) is 0 Å². The number of rotatable bonds is 1. The SMILES string of the molecule is OB(O)c1ccc2c3ccccc3c3cc4c(c5oc1c2c53)-c1ccccc1C41c2ccccc2-c2ccccc21. The molecule has 4 heteroatoms. The van der Waals surface area contributed by atoms with E-state index in [0.29, 0.717) is 11.0 Å². The van der Waals surface area contributed by atoms with E-state index < -0.39 is 12.5 Å². The first-order valence-electron chi connectivity index (χ1n) is 14.0. The first kappa shape index (κ1) is 21.9. The summed E-state index contributed by atoms with van der Waals surface area (Å²) in [6.45, 7) is 0. The highest BCUT2D eigenvalue weighted by Gasteiger charge is 2.52. The zero-order chi connectivity index (χ0) is 27.0. The molecule has 0 unspecified atom stereocenters. The van der Waals surface area contributed by atoms with Gasteiger partial charge < -0.3 is 14.5 Å². The first-order valence-corrected chi connectivity index (χ1v) is 14.0. The Balaban J connectivity index is 1.51. The lowest BCUT2D eigenvalue weighted by Crippen LogP contribution is -2.30. The maximum Gasteiger partial charge on any atom is 0.492 e. The van der Waals surface area contributed by atoms with Gasteiger partial charge in [0, 0.05) is 21.8 Å². The summed E-state index contributed by atoms with van der Waals surface area (Å²) in [6, 6.07) is 41.0. The molecule has 0 aliphatic heterocycles. The van der Waals surface area contributed by atoms with Crippen molar-refractivity contribution in [2.75, 3.05) is 0 Å². The summed E-state index contributed by atoms with van der Waals surface area (Å²) in [5.41, 5.74) is 11.0. The highest BCUT2D eigenvalue weighted by molar-refractivity contribution is 6.62. The quantitative estimate of drug-likeness (QED) is 0.174. The monoisotopic (exact) mass is 524 g/mol. The van der Waals surface area contributed by atoms with Gasteiger partial charge in [-0.25, -0.2) is 0 Å². The molecule has 1 spiro atoms. The zero-order valence-electron chi connectivity index (χ0n) is 21.8. The average molecular weight is 524 g/mol. The molecular formula is C37H21BO3. The normalized spacial score (nSPS) is 14.3. The Bertz CT molecular complexity index is 2370. The van der Waals surface area contributed by atoms with Crippen LogP contribution in [0.5, 0.6) is 0 Å². The molecule has 8 aromatic rings. The van der Waals surface area contributed by atoms with Gasteiger partial charge in [0.15, 0.2) is 0 Å². The fourth-order valence-corrected chi connectivity index (χ4v) is 8.21. The fraction of sp³-hybridized carbons (Fsp3) is 0.0270. The molecule has 0 radical (unpaired) electrons. The Morgan fingerprint density at radius 3 is 1.68 bits per heavy atom. The summed E-state index contributed by atoms with van der Waals surface area (Å²) >= 11 is 0. The third kappa shape index (κ3) is 2.34. The van der Waals surface area contributed by atoms with Crippen molar-refractivity contribution in [1.82, 2.24) is 0 Å². The third-order valence-corrected chi connectivity index (χ3v) is 9.67. The second-order valence-corrected chi connectivity index (χ2v) is 11.4. The molecule has 41 heavy (non-hydrogen) atoms. The van der Waals surface area contributed by atoms with Gasteiger partial charge in [-0.1, -0.05) is 109 Å². The van der Waals surface area contributed by atoms with Crippen LogP contribution in [-0.2, 0) is 5.41 Å². The summed E-state index contributed by atoms with van der Waals surface area (Å²) in [4.78, 5) is 0. The first-order chi connectivity index (χ1) is 20.2. The van der Waals surface area contributed by atoms with Crippen LogP contribution in [0.2, 0.25) is 0 Å². The number of fused-ring (bicyclic) bond motifs is 14. The van der Waals surface area contributed by atoms with E-state index in [0.717, 1.165) is 43.6 Å². The minimum Gasteiger partial charge on any atom is -0.456 e. The Morgan fingerprint density at radius 2 is 1.02 bits per heavy atom. The van der Waals surface area contributed by atoms with Gasteiger partial charge in [-0.2, -0.15) is 0 Å². The summed E-state index contributed by atoms with van der Waals surface area (Å²) in [5, 5.41) is 27.2. The minimum atomic E-state index is -1.63. The summed E-state index contributed by atoms with van der Waals surface area (Å²) in [5.74, 6) is 0. The topological polar surface area (TPSA) is 53.6 Å². The van der Waals surface area contributed by atoms with E-state index in [9.17, 15) is 10.0 Å². The van der Waals surface area contributed by atoms with Gasteiger partial charge in [0.05, 0.1) is 5.41 Å². The lowest BCUT2D eigenvalue weighted by molar-refractivity contribution is 0.425. The molecule has 10 rings (SSSR count). The van der Waals surface area contributed by atoms with Crippen molar-refractivity contribution in [3.8, 4) is 22.3 Å². The van der Waals surface area contributed by atoms with Crippen LogP contribution in [-0.4, -0.2) is 17.2 Å². The van der Waals surface area contributed by atoms with E-state index >= 15 is 0 Å². The predicted octanol–water partition coefficient (Wildman–Crippen LogP) is 7.35. The number of hydrogen-bond donors (Lipinski definition) is 2. The van der Waals surface area contributed by atoms with E-state index in [1.807, 2.05) is 6.07 Å². The van der Waals surface area contributed by atoms with Crippen molar-refractivity contribution in [1.29, 1.82) is 0 Å². The molecule has 0 bridgehead atoms. The second-order valence-electron chi connectivity index (χ2n) is 11.4. The van der Waals surface area contributed by atoms with Gasteiger partial charge in [-0.05, 0) is 66.6 Å². The fourth-order valence-electron chi connectivity index (χ4n) is 8.21. The van der Waals surface area contributed by atoms with E-state index in [1.165, 1.54) is 38.8 Å². The van der Waals surface area contributed by atoms with Gasteiger partial charge in [-0.3, -0.25) is 0 Å². The summed E-state index contributed by atoms with van der Waals surface area (Å²) in [7, 11) is -1.63. The molecule has 1 heterocycles. The molecule has 0 atom stereocenters. The van der Waals surface area contributed by atoms with E-state index in [1.54, 1.807) is 6.07 Å². The number of benzene rings is 7. The maximum absolute atomic E-state index is 10.4. The van der Waals surface area contributed by atoms with Crippen molar-refractivity contribution in [3.63, 3.8) is 0 Å². The molecule has 2 N–H and O–H groups in total. The van der Waals surface area contributed by atoms with Gasteiger partial charge in [-0.15, -0.1) is 0 Å². The molecule has 0 saturated heterocycles. The van der Waals surface area contributed by atoms with Crippen LogP contribution in [0.3, 0.4) is 0 Å². The highest BCUT2D eigenvalue weighted by Crippen LogP contribution is 2.64. The van der Waals surface area contributed by atoms with Gasteiger partial charge in [0.2, 0.25) is 0 Å². The van der Waals surface area contributed by atoms with E-state index in [-0.39, 0.29) is 0 Å².